The molecule has 204 valence electrons. The van der Waals surface area contributed by atoms with E-state index in [0.717, 1.165) is 0 Å². The van der Waals surface area contributed by atoms with Crippen molar-refractivity contribution in [2.45, 2.75) is 6.42 Å². The van der Waals surface area contributed by atoms with Crippen LogP contribution in [0, 0.1) is 0 Å². The number of fused-ring (bicyclic) bond motifs is 1. The third-order valence-electron chi connectivity index (χ3n) is 6.12. The zero-order chi connectivity index (χ0) is 28.3. The Bertz CT molecular complexity index is 1550. The predicted molar refractivity (Wildman–Crippen MR) is 155 cm³/mol. The molecule has 1 aliphatic rings. The molecule has 39 heavy (non-hydrogen) atoms. The summed E-state index contributed by atoms with van der Waals surface area (Å²) in [6.45, 7) is 0.846. The average molecular weight is 569 g/mol. The number of amides is 1. The lowest BCUT2D eigenvalue weighted by atomic mass is 9.98. The Kier molecular flexibility index (Phi) is 8.29. The lowest BCUT2D eigenvalue weighted by Crippen LogP contribution is -2.35. The molecule has 3 aromatic carbocycles. The number of nitrogens with one attached hydrogen (secondary N) is 2. The topological polar surface area (TPSA) is 119 Å². The highest BCUT2D eigenvalue weighted by Gasteiger charge is 2.29. The van der Waals surface area contributed by atoms with Gasteiger partial charge < -0.3 is 20.6 Å². The van der Waals surface area contributed by atoms with Crippen LogP contribution in [-0.4, -0.2) is 63.7 Å². The molecule has 4 rings (SSSR count). The number of carboxylic acids is 1. The van der Waals surface area contributed by atoms with Gasteiger partial charge in [-0.15, -0.1) is 0 Å². The van der Waals surface area contributed by atoms with E-state index in [9.17, 15) is 23.1 Å². The number of sulfonamides is 1. The van der Waals surface area contributed by atoms with Crippen LogP contribution in [0.4, 0.5) is 17.1 Å². The first-order valence-electron chi connectivity index (χ1n) is 12.1. The SMILES string of the molecule is CN(C)CCN(c1ccc(NC(=C2C(=O)Nc3cc(Cl)ccc32)c2cccc(CC(=O)O)c2)cc1)S(C)(=O)=O. The average Bonchev–Trinajstić information content (AvgIpc) is 3.16. The van der Waals surface area contributed by atoms with Gasteiger partial charge >= 0.3 is 5.97 Å². The normalized spacial score (nSPS) is 14.1. The number of anilines is 3. The number of halogens is 1. The van der Waals surface area contributed by atoms with Gasteiger partial charge in [-0.3, -0.25) is 13.9 Å². The number of carbonyl (C=O) groups is 2. The molecule has 11 heteroatoms. The zero-order valence-corrected chi connectivity index (χ0v) is 23.3. The van der Waals surface area contributed by atoms with Crippen molar-refractivity contribution in [3.8, 4) is 0 Å². The van der Waals surface area contributed by atoms with Gasteiger partial charge in [0, 0.05) is 29.4 Å². The molecular formula is C28H29ClN4O5S. The van der Waals surface area contributed by atoms with Crippen molar-refractivity contribution in [3.63, 3.8) is 0 Å². The minimum Gasteiger partial charge on any atom is -0.481 e. The third kappa shape index (κ3) is 6.78. The van der Waals surface area contributed by atoms with Crippen LogP contribution < -0.4 is 14.9 Å². The van der Waals surface area contributed by atoms with Crippen molar-refractivity contribution in [2.24, 2.45) is 0 Å². The fraction of sp³-hybridized carbons (Fsp3) is 0.214. The number of carboxylic acid groups (broad SMARTS) is 1. The Balaban J connectivity index is 1.77. The minimum atomic E-state index is -3.50. The van der Waals surface area contributed by atoms with Crippen LogP contribution in [0.3, 0.4) is 0 Å². The van der Waals surface area contributed by atoms with E-state index < -0.39 is 16.0 Å². The molecule has 0 aromatic heterocycles. The molecule has 3 aromatic rings. The summed E-state index contributed by atoms with van der Waals surface area (Å²) in [5.41, 5.74) is 4.40. The molecule has 0 aliphatic carbocycles. The first-order chi connectivity index (χ1) is 18.4. The number of hydrogen-bond donors (Lipinski definition) is 3. The van der Waals surface area contributed by atoms with Crippen LogP contribution in [0.5, 0.6) is 0 Å². The van der Waals surface area contributed by atoms with Crippen molar-refractivity contribution in [1.82, 2.24) is 4.90 Å². The molecule has 1 aliphatic heterocycles. The van der Waals surface area contributed by atoms with Gasteiger partial charge in [0.05, 0.1) is 35.3 Å². The largest absolute Gasteiger partial charge is 0.481 e. The molecule has 0 fully saturated rings. The first-order valence-corrected chi connectivity index (χ1v) is 14.3. The van der Waals surface area contributed by atoms with E-state index >= 15 is 0 Å². The van der Waals surface area contributed by atoms with Crippen LogP contribution in [0.15, 0.2) is 66.7 Å². The molecule has 0 radical (unpaired) electrons. The lowest BCUT2D eigenvalue weighted by Gasteiger charge is -2.24. The van der Waals surface area contributed by atoms with Gasteiger partial charge in [-0.2, -0.15) is 0 Å². The lowest BCUT2D eigenvalue weighted by molar-refractivity contribution is -0.136. The summed E-state index contributed by atoms with van der Waals surface area (Å²) in [4.78, 5) is 26.4. The molecule has 0 spiro atoms. The standard InChI is InChI=1S/C28H29ClN4O5S/c1-32(2)13-14-33(39(3,37)38)22-10-8-21(9-11-22)30-27(19-6-4-5-18(15-19)16-25(34)35)26-23-12-7-20(29)17-24(23)31-28(26)36/h4-12,15,17,30H,13-14,16H2,1-3H3,(H,31,36)(H,34,35). The van der Waals surface area contributed by atoms with Gasteiger partial charge in [-0.05, 0) is 67.7 Å². The maximum Gasteiger partial charge on any atom is 0.307 e. The van der Waals surface area contributed by atoms with Crippen molar-refractivity contribution in [1.29, 1.82) is 0 Å². The number of carbonyl (C=O) groups excluding carboxylic acids is 1. The monoisotopic (exact) mass is 568 g/mol. The summed E-state index contributed by atoms with van der Waals surface area (Å²) in [5, 5.41) is 15.9. The molecule has 1 amide bonds. The summed E-state index contributed by atoms with van der Waals surface area (Å²) in [6, 6.07) is 19.0. The van der Waals surface area contributed by atoms with Gasteiger partial charge in [0.25, 0.3) is 5.91 Å². The van der Waals surface area contributed by atoms with E-state index in [-0.39, 0.29) is 12.3 Å². The van der Waals surface area contributed by atoms with Crippen molar-refractivity contribution < 1.29 is 23.1 Å². The molecule has 0 saturated carbocycles. The Morgan fingerprint density at radius 2 is 1.74 bits per heavy atom. The fourth-order valence-electron chi connectivity index (χ4n) is 4.32. The minimum absolute atomic E-state index is 0.169. The van der Waals surface area contributed by atoms with Gasteiger partial charge in [0.2, 0.25) is 10.0 Å². The Labute approximate surface area is 232 Å². The number of nitrogens with zero attached hydrogens (tertiary/aromatic N) is 2. The van der Waals surface area contributed by atoms with Crippen LogP contribution in [0.25, 0.3) is 11.3 Å². The maximum absolute atomic E-state index is 13.2. The fourth-order valence-corrected chi connectivity index (χ4v) is 5.41. The molecule has 0 bridgehead atoms. The summed E-state index contributed by atoms with van der Waals surface area (Å²) in [6.07, 6.45) is 1.00. The van der Waals surface area contributed by atoms with Crippen LogP contribution in [-0.2, 0) is 26.0 Å². The highest BCUT2D eigenvalue weighted by atomic mass is 35.5. The highest BCUT2D eigenvalue weighted by Crippen LogP contribution is 2.39. The molecule has 3 N–H and O–H groups in total. The number of rotatable bonds is 10. The number of hydrogen-bond acceptors (Lipinski definition) is 6. The Morgan fingerprint density at radius 1 is 1.03 bits per heavy atom. The van der Waals surface area contributed by atoms with Crippen molar-refractivity contribution in [3.05, 3.63) is 88.4 Å². The summed E-state index contributed by atoms with van der Waals surface area (Å²) >= 11 is 6.14. The Hall–Kier alpha value is -3.86. The van der Waals surface area contributed by atoms with E-state index in [1.165, 1.54) is 10.6 Å². The smallest absolute Gasteiger partial charge is 0.307 e. The van der Waals surface area contributed by atoms with Crippen LogP contribution in [0.2, 0.25) is 5.02 Å². The van der Waals surface area contributed by atoms with Crippen molar-refractivity contribution >= 4 is 61.8 Å². The summed E-state index contributed by atoms with van der Waals surface area (Å²) in [5.74, 6) is -1.30. The molecule has 0 unspecified atom stereocenters. The number of likely N-dealkylation sites (N-methyl/N-ethyl adjacent to an activating group) is 1. The Morgan fingerprint density at radius 3 is 2.38 bits per heavy atom. The van der Waals surface area contributed by atoms with Gasteiger partial charge in [-0.1, -0.05) is 35.9 Å². The van der Waals surface area contributed by atoms with E-state index in [2.05, 4.69) is 10.6 Å². The van der Waals surface area contributed by atoms with Crippen LogP contribution in [0.1, 0.15) is 16.7 Å². The van der Waals surface area contributed by atoms with Crippen molar-refractivity contribution in [2.75, 3.05) is 48.4 Å². The summed E-state index contributed by atoms with van der Waals surface area (Å²) < 4.78 is 26.2. The highest BCUT2D eigenvalue weighted by molar-refractivity contribution is 7.92. The molecular weight excluding hydrogens is 540 g/mol. The van der Waals surface area contributed by atoms with Gasteiger partial charge in [-0.25, -0.2) is 8.42 Å². The molecule has 0 saturated heterocycles. The number of aliphatic carboxylic acids is 1. The van der Waals surface area contributed by atoms with E-state index in [1.54, 1.807) is 66.7 Å². The second-order valence-electron chi connectivity index (χ2n) is 9.48. The summed E-state index contributed by atoms with van der Waals surface area (Å²) in [7, 11) is 0.249. The first kappa shape index (κ1) is 28.2. The van der Waals surface area contributed by atoms with Crippen LogP contribution >= 0.6 is 11.6 Å². The predicted octanol–water partition coefficient (Wildman–Crippen LogP) is 4.23. The van der Waals surface area contributed by atoms with Gasteiger partial charge in [0.1, 0.15) is 0 Å². The van der Waals surface area contributed by atoms with E-state index in [0.29, 0.717) is 63.1 Å². The number of benzene rings is 3. The maximum atomic E-state index is 13.2. The zero-order valence-electron chi connectivity index (χ0n) is 21.7. The second kappa shape index (κ2) is 11.5. The molecule has 1 heterocycles. The van der Waals surface area contributed by atoms with E-state index in [4.69, 9.17) is 11.6 Å². The second-order valence-corrected chi connectivity index (χ2v) is 11.8. The molecule has 9 nitrogen and oxygen atoms in total. The van der Waals surface area contributed by atoms with E-state index in [1.807, 2.05) is 19.0 Å². The van der Waals surface area contributed by atoms with Gasteiger partial charge in [0.15, 0.2) is 0 Å². The third-order valence-corrected chi connectivity index (χ3v) is 7.55. The molecule has 0 atom stereocenters. The quantitative estimate of drug-likeness (QED) is 0.313.